The van der Waals surface area contributed by atoms with Crippen molar-refractivity contribution in [2.45, 2.75) is 25.3 Å². The van der Waals surface area contributed by atoms with E-state index in [1.54, 1.807) is 0 Å². The highest BCUT2D eigenvalue weighted by atomic mass is 35.5. The molecule has 3 rings (SSSR count). The van der Waals surface area contributed by atoms with E-state index in [9.17, 15) is 4.79 Å². The Bertz CT molecular complexity index is 457. The summed E-state index contributed by atoms with van der Waals surface area (Å²) in [6, 6.07) is 5.61. The first-order valence-electron chi connectivity index (χ1n) is 5.96. The molecule has 1 N–H and O–H groups in total. The van der Waals surface area contributed by atoms with Gasteiger partial charge in [-0.2, -0.15) is 0 Å². The Kier molecular flexibility index (Phi) is 2.71. The zero-order valence-electron chi connectivity index (χ0n) is 9.41. The van der Waals surface area contributed by atoms with Gasteiger partial charge in [0.15, 0.2) is 0 Å². The van der Waals surface area contributed by atoms with Crippen molar-refractivity contribution < 1.29 is 9.53 Å². The largest absolute Gasteiger partial charge is 0.493 e. The number of carbonyl (C=O) groups excluding carboxylic acids is 1. The highest BCUT2D eigenvalue weighted by molar-refractivity contribution is 6.30. The zero-order chi connectivity index (χ0) is 11.8. The highest BCUT2D eigenvalue weighted by Gasteiger charge is 2.32. The van der Waals surface area contributed by atoms with Crippen molar-refractivity contribution in [1.82, 2.24) is 5.32 Å². The Hall–Kier alpha value is -1.22. The fourth-order valence-corrected chi connectivity index (χ4v) is 2.33. The van der Waals surface area contributed by atoms with Gasteiger partial charge in [-0.25, -0.2) is 0 Å². The number of hydrogen-bond donors (Lipinski definition) is 1. The van der Waals surface area contributed by atoms with E-state index >= 15 is 0 Å². The molecule has 1 saturated carbocycles. The molecule has 17 heavy (non-hydrogen) atoms. The maximum absolute atomic E-state index is 11.8. The van der Waals surface area contributed by atoms with Crippen LogP contribution in [-0.2, 0) is 4.79 Å². The third-order valence-electron chi connectivity index (χ3n) is 3.28. The molecule has 0 bridgehead atoms. The first-order valence-corrected chi connectivity index (χ1v) is 6.34. The Labute approximate surface area is 105 Å². The molecule has 1 unspecified atom stereocenters. The SMILES string of the molecule is O=C(NC1CCOc2ccc(Cl)cc21)C1CC1. The first-order chi connectivity index (χ1) is 8.24. The summed E-state index contributed by atoms with van der Waals surface area (Å²) in [5.74, 6) is 1.24. The van der Waals surface area contributed by atoms with Crippen molar-refractivity contribution in [3.63, 3.8) is 0 Å². The molecule has 3 nitrogen and oxygen atoms in total. The summed E-state index contributed by atoms with van der Waals surface area (Å²) < 4.78 is 5.56. The van der Waals surface area contributed by atoms with Crippen LogP contribution in [0.3, 0.4) is 0 Å². The number of rotatable bonds is 2. The molecule has 1 heterocycles. The van der Waals surface area contributed by atoms with Gasteiger partial charge in [-0.15, -0.1) is 0 Å². The van der Waals surface area contributed by atoms with Gasteiger partial charge < -0.3 is 10.1 Å². The van der Waals surface area contributed by atoms with Gasteiger partial charge in [-0.3, -0.25) is 4.79 Å². The van der Waals surface area contributed by atoms with Crippen LogP contribution in [0.15, 0.2) is 18.2 Å². The summed E-state index contributed by atoms with van der Waals surface area (Å²) in [5, 5.41) is 3.77. The van der Waals surface area contributed by atoms with Crippen LogP contribution in [0.1, 0.15) is 30.9 Å². The molecule has 1 fully saturated rings. The average Bonchev–Trinajstić information content (AvgIpc) is 3.13. The summed E-state index contributed by atoms with van der Waals surface area (Å²) in [6.07, 6.45) is 2.86. The number of nitrogens with one attached hydrogen (secondary N) is 1. The molecule has 0 spiro atoms. The Morgan fingerprint density at radius 1 is 1.35 bits per heavy atom. The second kappa shape index (κ2) is 4.22. The van der Waals surface area contributed by atoms with Gasteiger partial charge in [0.05, 0.1) is 12.6 Å². The third-order valence-corrected chi connectivity index (χ3v) is 3.51. The third kappa shape index (κ3) is 2.25. The number of benzene rings is 1. The Morgan fingerprint density at radius 3 is 2.94 bits per heavy atom. The fourth-order valence-electron chi connectivity index (χ4n) is 2.15. The lowest BCUT2D eigenvalue weighted by atomic mass is 10.0. The Balaban J connectivity index is 1.82. The van der Waals surface area contributed by atoms with E-state index in [1.165, 1.54) is 0 Å². The standard InChI is InChI=1S/C13H14ClNO2/c14-9-3-4-12-10(7-9)11(5-6-17-12)15-13(16)8-1-2-8/h3-4,7-8,11H,1-2,5-6H2,(H,15,16). The zero-order valence-corrected chi connectivity index (χ0v) is 10.2. The van der Waals surface area contributed by atoms with Crippen LogP contribution in [0.2, 0.25) is 5.02 Å². The van der Waals surface area contributed by atoms with Crippen molar-refractivity contribution in [1.29, 1.82) is 0 Å². The van der Waals surface area contributed by atoms with Gasteiger partial charge in [0.1, 0.15) is 5.75 Å². The maximum atomic E-state index is 11.8. The minimum absolute atomic E-state index is 0.0468. The lowest BCUT2D eigenvalue weighted by Crippen LogP contribution is -2.33. The smallest absolute Gasteiger partial charge is 0.223 e. The summed E-state index contributed by atoms with van der Waals surface area (Å²) >= 11 is 5.99. The molecular formula is C13H14ClNO2. The molecule has 0 radical (unpaired) electrons. The summed E-state index contributed by atoms with van der Waals surface area (Å²) in [5.41, 5.74) is 0.998. The van der Waals surface area contributed by atoms with Crippen molar-refractivity contribution in [3.05, 3.63) is 28.8 Å². The highest BCUT2D eigenvalue weighted by Crippen LogP contribution is 2.35. The van der Waals surface area contributed by atoms with Crippen molar-refractivity contribution >= 4 is 17.5 Å². The fraction of sp³-hybridized carbons (Fsp3) is 0.462. The molecule has 1 atom stereocenters. The number of hydrogen-bond acceptors (Lipinski definition) is 2. The van der Waals surface area contributed by atoms with Crippen molar-refractivity contribution in [2.24, 2.45) is 5.92 Å². The average molecular weight is 252 g/mol. The predicted molar refractivity (Wildman–Crippen MR) is 65.2 cm³/mol. The minimum Gasteiger partial charge on any atom is -0.493 e. The molecule has 2 aliphatic rings. The molecule has 1 aromatic carbocycles. The summed E-state index contributed by atoms with van der Waals surface area (Å²) in [4.78, 5) is 11.8. The molecule has 1 aliphatic heterocycles. The van der Waals surface area contributed by atoms with Crippen LogP contribution in [0.4, 0.5) is 0 Å². The van der Waals surface area contributed by atoms with Gasteiger partial charge in [-0.05, 0) is 31.0 Å². The van der Waals surface area contributed by atoms with Crippen LogP contribution >= 0.6 is 11.6 Å². The number of ether oxygens (including phenoxy) is 1. The van der Waals surface area contributed by atoms with Gasteiger partial charge in [0, 0.05) is 22.9 Å². The van der Waals surface area contributed by atoms with E-state index in [0.29, 0.717) is 11.6 Å². The topological polar surface area (TPSA) is 38.3 Å². The minimum atomic E-state index is 0.0468. The molecule has 1 amide bonds. The van der Waals surface area contributed by atoms with E-state index in [1.807, 2.05) is 18.2 Å². The second-order valence-electron chi connectivity index (χ2n) is 4.65. The Morgan fingerprint density at radius 2 is 2.18 bits per heavy atom. The van der Waals surface area contributed by atoms with E-state index in [-0.39, 0.29) is 17.9 Å². The molecule has 1 aromatic rings. The first kappa shape index (κ1) is 10.9. The number of fused-ring (bicyclic) bond motifs is 1. The quantitative estimate of drug-likeness (QED) is 0.878. The van der Waals surface area contributed by atoms with Crippen molar-refractivity contribution in [2.75, 3.05) is 6.61 Å². The van der Waals surface area contributed by atoms with Crippen LogP contribution < -0.4 is 10.1 Å². The maximum Gasteiger partial charge on any atom is 0.223 e. The summed E-state index contributed by atoms with van der Waals surface area (Å²) in [7, 11) is 0. The molecule has 4 heteroatoms. The van der Waals surface area contributed by atoms with Crippen LogP contribution in [-0.4, -0.2) is 12.5 Å². The predicted octanol–water partition coefficient (Wildman–Crippen LogP) is 2.69. The van der Waals surface area contributed by atoms with Crippen LogP contribution in [0.25, 0.3) is 0 Å². The monoisotopic (exact) mass is 251 g/mol. The van der Waals surface area contributed by atoms with Crippen molar-refractivity contribution in [3.8, 4) is 5.75 Å². The van der Waals surface area contributed by atoms with E-state index in [4.69, 9.17) is 16.3 Å². The molecule has 1 aliphatic carbocycles. The van der Waals surface area contributed by atoms with E-state index in [2.05, 4.69) is 5.32 Å². The molecular weight excluding hydrogens is 238 g/mol. The van der Waals surface area contributed by atoms with Gasteiger partial charge in [0.25, 0.3) is 0 Å². The normalized spacial score (nSPS) is 22.5. The molecule has 0 aromatic heterocycles. The number of halogens is 1. The lowest BCUT2D eigenvalue weighted by molar-refractivity contribution is -0.123. The number of amides is 1. The lowest BCUT2D eigenvalue weighted by Gasteiger charge is -2.26. The van der Waals surface area contributed by atoms with E-state index in [0.717, 1.165) is 30.6 Å². The molecule has 0 saturated heterocycles. The summed E-state index contributed by atoms with van der Waals surface area (Å²) in [6.45, 7) is 0.643. The molecule has 90 valence electrons. The van der Waals surface area contributed by atoms with Crippen LogP contribution in [0.5, 0.6) is 5.75 Å². The second-order valence-corrected chi connectivity index (χ2v) is 5.09. The van der Waals surface area contributed by atoms with Crippen LogP contribution in [0, 0.1) is 5.92 Å². The van der Waals surface area contributed by atoms with Gasteiger partial charge >= 0.3 is 0 Å². The van der Waals surface area contributed by atoms with Gasteiger partial charge in [-0.1, -0.05) is 11.6 Å². The number of carbonyl (C=O) groups is 1. The van der Waals surface area contributed by atoms with E-state index < -0.39 is 0 Å². The van der Waals surface area contributed by atoms with Gasteiger partial charge in [0.2, 0.25) is 5.91 Å².